The Morgan fingerprint density at radius 1 is 1.20 bits per heavy atom. The molecule has 0 aliphatic heterocycles. The van der Waals surface area contributed by atoms with Crippen LogP contribution >= 0.6 is 0 Å². The van der Waals surface area contributed by atoms with Gasteiger partial charge in [-0.25, -0.2) is 0 Å². The highest BCUT2D eigenvalue weighted by Gasteiger charge is 1.91. The Labute approximate surface area is 94.2 Å². The minimum Gasteiger partial charge on any atom is -0.468 e. The minimum absolute atomic E-state index is 0.0285. The van der Waals surface area contributed by atoms with Crippen LogP contribution in [0.3, 0.4) is 0 Å². The minimum atomic E-state index is -1.79. The first-order valence-corrected chi connectivity index (χ1v) is 4.54. The van der Waals surface area contributed by atoms with E-state index in [-0.39, 0.29) is 12.8 Å². The first-order chi connectivity index (χ1) is 8.02. The molecule has 2 nitrogen and oxygen atoms in total. The summed E-state index contributed by atoms with van der Waals surface area (Å²) in [7, 11) is 1.30. The molecule has 0 saturated heterocycles. The molecule has 0 spiro atoms. The summed E-state index contributed by atoms with van der Waals surface area (Å²) in [5, 5.41) is 0. The second-order valence-corrected chi connectivity index (χ2v) is 2.37. The smallest absolute Gasteiger partial charge is 0.317 e. The van der Waals surface area contributed by atoms with Gasteiger partial charge in [-0.05, 0) is 0 Å². The fourth-order valence-electron chi connectivity index (χ4n) is 0.566. The van der Waals surface area contributed by atoms with Gasteiger partial charge in [-0.1, -0.05) is 36.5 Å². The van der Waals surface area contributed by atoms with Gasteiger partial charge < -0.3 is 4.74 Å². The molecular weight excluding hydrogens is 188 g/mol. The molecule has 0 saturated carbocycles. The van der Waals surface area contributed by atoms with Crippen molar-refractivity contribution in [2.45, 2.75) is 32.6 Å². The number of hydrogen-bond donors (Lipinski definition) is 0. The normalized spacial score (nSPS) is 10.0. The van der Waals surface area contributed by atoms with Gasteiger partial charge in [0.25, 0.3) is 0 Å². The van der Waals surface area contributed by atoms with Crippen LogP contribution in [-0.4, -0.2) is 13.1 Å². The van der Waals surface area contributed by atoms with E-state index in [1.165, 1.54) is 7.11 Å². The lowest BCUT2D eigenvalue weighted by Gasteiger charge is -1.88. The lowest BCUT2D eigenvalue weighted by molar-refractivity contribution is -0.139. The summed E-state index contributed by atoms with van der Waals surface area (Å²) in [6.45, 7) is 1.84. The Balaban J connectivity index is 4.16. The molecule has 0 N–H and O–H groups in total. The van der Waals surface area contributed by atoms with Crippen LogP contribution in [0.2, 0.25) is 0 Å². The van der Waals surface area contributed by atoms with Crippen LogP contribution in [0.5, 0.6) is 0 Å². The highest BCUT2D eigenvalue weighted by Crippen LogP contribution is 1.81. The summed E-state index contributed by atoms with van der Waals surface area (Å²) in [6, 6.07) is 0. The summed E-state index contributed by atoms with van der Waals surface area (Å²) in [4.78, 5) is 10.7. The molecule has 2 heteroatoms. The summed E-state index contributed by atoms with van der Waals surface area (Å²) in [5.74, 6) is 14.8. The van der Waals surface area contributed by atoms with Crippen LogP contribution in [0.1, 0.15) is 35.3 Å². The van der Waals surface area contributed by atoms with Crippen molar-refractivity contribution in [2.75, 3.05) is 7.11 Å². The zero-order valence-corrected chi connectivity index (χ0v) is 8.94. The zero-order valence-electron chi connectivity index (χ0n) is 10.9. The van der Waals surface area contributed by atoms with Gasteiger partial charge in [0.05, 0.1) is 22.6 Å². The maximum absolute atomic E-state index is 10.7. The molecule has 0 aliphatic rings. The van der Waals surface area contributed by atoms with Crippen molar-refractivity contribution in [1.82, 2.24) is 0 Å². The maximum Gasteiger partial charge on any atom is 0.317 e. The number of methoxy groups -OCH3 is 1. The summed E-state index contributed by atoms with van der Waals surface area (Å²) >= 11 is 0. The molecule has 0 fully saturated rings. The van der Waals surface area contributed by atoms with Gasteiger partial charge in [-0.3, -0.25) is 4.79 Å². The quantitative estimate of drug-likeness (QED) is 0.480. The Morgan fingerprint density at radius 3 is 2.53 bits per heavy atom. The van der Waals surface area contributed by atoms with E-state index in [1.807, 2.05) is 6.92 Å². The van der Waals surface area contributed by atoms with Gasteiger partial charge in [-0.15, -0.1) is 5.92 Å². The van der Waals surface area contributed by atoms with Crippen molar-refractivity contribution in [3.05, 3.63) is 0 Å². The topological polar surface area (TPSA) is 26.3 Å². The maximum atomic E-state index is 10.7. The van der Waals surface area contributed by atoms with Crippen LogP contribution in [-0.2, 0) is 9.53 Å². The zero-order chi connectivity index (χ0) is 13.1. The molecule has 0 aromatic carbocycles. The van der Waals surface area contributed by atoms with Crippen LogP contribution in [0.25, 0.3) is 0 Å². The van der Waals surface area contributed by atoms with Gasteiger partial charge >= 0.3 is 5.97 Å². The second-order valence-electron chi connectivity index (χ2n) is 2.37. The van der Waals surface area contributed by atoms with Crippen LogP contribution in [0, 0.1) is 35.5 Å². The third-order valence-corrected chi connectivity index (χ3v) is 1.24. The molecule has 15 heavy (non-hydrogen) atoms. The van der Waals surface area contributed by atoms with E-state index >= 15 is 0 Å². The third kappa shape index (κ3) is 10.1. The van der Waals surface area contributed by atoms with E-state index in [4.69, 9.17) is 2.74 Å². The van der Waals surface area contributed by atoms with Crippen LogP contribution in [0.15, 0.2) is 0 Å². The van der Waals surface area contributed by atoms with E-state index in [0.29, 0.717) is 6.42 Å². The average molecular weight is 204 g/mol. The fraction of sp³-hybridized carbons (Fsp3) is 0.462. The van der Waals surface area contributed by atoms with Crippen molar-refractivity contribution >= 4 is 5.97 Å². The number of carbonyl (C=O) groups is 1. The standard InChI is InChI=1S/C13H14O2/c1-3-4-5-6-7-8-9-10-11-12-13(14)15-2/h3,6,9,12H2,1-2H3/i6D2. The summed E-state index contributed by atoms with van der Waals surface area (Å²) in [6.07, 6.45) is -0.953. The number of ether oxygens (including phenoxy) is 1. The van der Waals surface area contributed by atoms with E-state index in [0.717, 1.165) is 0 Å². The summed E-state index contributed by atoms with van der Waals surface area (Å²) in [5.41, 5.74) is 0. The largest absolute Gasteiger partial charge is 0.468 e. The highest BCUT2D eigenvalue weighted by molar-refractivity contribution is 5.72. The Kier molecular flexibility index (Phi) is 6.61. The monoisotopic (exact) mass is 204 g/mol. The molecular formula is C13H14O2. The third-order valence-electron chi connectivity index (χ3n) is 1.24. The molecule has 0 aromatic heterocycles. The molecule has 0 atom stereocenters. The number of carbonyl (C=O) groups excluding carboxylic acids is 1. The first kappa shape index (κ1) is 9.70. The lowest BCUT2D eigenvalue weighted by atomic mass is 10.3. The van der Waals surface area contributed by atoms with E-state index < -0.39 is 12.3 Å². The van der Waals surface area contributed by atoms with Gasteiger partial charge in [0.2, 0.25) is 0 Å². The Bertz CT molecular complexity index is 433. The predicted octanol–water partition coefficient (Wildman–Crippen LogP) is 1.75. The molecule has 0 radical (unpaired) electrons. The number of esters is 1. The molecule has 78 valence electrons. The van der Waals surface area contributed by atoms with Crippen molar-refractivity contribution in [1.29, 1.82) is 0 Å². The van der Waals surface area contributed by atoms with Gasteiger partial charge in [0.15, 0.2) is 0 Å². The fourth-order valence-corrected chi connectivity index (χ4v) is 0.566. The molecule has 0 unspecified atom stereocenters. The molecule has 0 aliphatic carbocycles. The first-order valence-electron chi connectivity index (χ1n) is 5.54. The molecule has 0 rings (SSSR count). The van der Waals surface area contributed by atoms with E-state index in [9.17, 15) is 4.79 Å². The van der Waals surface area contributed by atoms with Gasteiger partial charge in [0.1, 0.15) is 6.42 Å². The number of hydrogen-bond acceptors (Lipinski definition) is 2. The Morgan fingerprint density at radius 2 is 1.87 bits per heavy atom. The highest BCUT2D eigenvalue weighted by atomic mass is 16.5. The lowest BCUT2D eigenvalue weighted by Crippen LogP contribution is -1.96. The van der Waals surface area contributed by atoms with Crippen molar-refractivity contribution in [3.8, 4) is 35.5 Å². The second kappa shape index (κ2) is 10.2. The number of rotatable bonds is 1. The van der Waals surface area contributed by atoms with Crippen molar-refractivity contribution in [3.63, 3.8) is 0 Å². The van der Waals surface area contributed by atoms with Crippen molar-refractivity contribution < 1.29 is 12.3 Å². The van der Waals surface area contributed by atoms with Crippen molar-refractivity contribution in [2.24, 2.45) is 0 Å². The molecule has 0 bridgehead atoms. The summed E-state index contributed by atoms with van der Waals surface area (Å²) < 4.78 is 19.2. The van der Waals surface area contributed by atoms with Crippen LogP contribution < -0.4 is 0 Å². The van der Waals surface area contributed by atoms with Gasteiger partial charge in [-0.2, -0.15) is 0 Å². The average Bonchev–Trinajstić information content (AvgIpc) is 2.30. The predicted molar refractivity (Wildman–Crippen MR) is 59.5 cm³/mol. The van der Waals surface area contributed by atoms with Crippen LogP contribution in [0.4, 0.5) is 0 Å². The van der Waals surface area contributed by atoms with E-state index in [2.05, 4.69) is 40.3 Å². The molecule has 0 heterocycles. The van der Waals surface area contributed by atoms with Gasteiger partial charge in [0, 0.05) is 6.42 Å². The van der Waals surface area contributed by atoms with E-state index in [1.54, 1.807) is 0 Å². The molecule has 0 aromatic rings. The Hall–Kier alpha value is -1.85. The molecule has 0 amide bonds. The SMILES string of the molecule is [2H]C([2H])(C#CCC)C#CCC#CCC(=O)OC.